The highest BCUT2D eigenvalue weighted by molar-refractivity contribution is 5.94. The summed E-state index contributed by atoms with van der Waals surface area (Å²) in [5.41, 5.74) is 3.12. The number of imidazole rings is 1. The molecule has 7 heteroatoms. The quantitative estimate of drug-likeness (QED) is 0.682. The minimum absolute atomic E-state index is 0.0642. The van der Waals surface area contributed by atoms with Crippen LogP contribution in [0.1, 0.15) is 28.5 Å². The van der Waals surface area contributed by atoms with Crippen molar-refractivity contribution in [1.29, 1.82) is 0 Å². The van der Waals surface area contributed by atoms with Gasteiger partial charge in [-0.2, -0.15) is 5.10 Å². The Labute approximate surface area is 165 Å². The normalized spacial score (nSPS) is 17.8. The molecule has 0 saturated carbocycles. The second-order valence-electron chi connectivity index (χ2n) is 7.48. The van der Waals surface area contributed by atoms with E-state index in [0.717, 1.165) is 32.7 Å². The SMILES string of the molecule is C[C@H]1CN(Cc2cncn2Cc2ccccc2)CCN1C(=O)c1cnn(C)c1. The summed E-state index contributed by atoms with van der Waals surface area (Å²) in [6, 6.07) is 10.6. The summed E-state index contributed by atoms with van der Waals surface area (Å²) in [6.07, 6.45) is 7.27. The monoisotopic (exact) mass is 378 g/mol. The van der Waals surface area contributed by atoms with E-state index in [2.05, 4.69) is 50.7 Å². The summed E-state index contributed by atoms with van der Waals surface area (Å²) in [5.74, 6) is 0.0642. The van der Waals surface area contributed by atoms with Crippen molar-refractivity contribution in [2.75, 3.05) is 19.6 Å². The Morgan fingerprint density at radius 1 is 1.14 bits per heavy atom. The summed E-state index contributed by atoms with van der Waals surface area (Å²) >= 11 is 0. The minimum atomic E-state index is 0.0642. The Morgan fingerprint density at radius 2 is 1.96 bits per heavy atom. The zero-order valence-corrected chi connectivity index (χ0v) is 16.4. The molecule has 3 heterocycles. The first-order chi connectivity index (χ1) is 13.6. The van der Waals surface area contributed by atoms with Crippen LogP contribution in [0.3, 0.4) is 0 Å². The van der Waals surface area contributed by atoms with Crippen molar-refractivity contribution in [3.63, 3.8) is 0 Å². The highest BCUT2D eigenvalue weighted by atomic mass is 16.2. The van der Waals surface area contributed by atoms with Crippen molar-refractivity contribution in [3.8, 4) is 0 Å². The van der Waals surface area contributed by atoms with Gasteiger partial charge in [-0.1, -0.05) is 30.3 Å². The molecule has 1 aromatic carbocycles. The molecule has 7 nitrogen and oxygen atoms in total. The van der Waals surface area contributed by atoms with E-state index < -0.39 is 0 Å². The number of benzene rings is 1. The maximum Gasteiger partial charge on any atom is 0.257 e. The highest BCUT2D eigenvalue weighted by Crippen LogP contribution is 2.16. The van der Waals surface area contributed by atoms with Gasteiger partial charge in [0.2, 0.25) is 0 Å². The van der Waals surface area contributed by atoms with Crippen molar-refractivity contribution < 1.29 is 4.79 Å². The first-order valence-corrected chi connectivity index (χ1v) is 9.65. The molecular weight excluding hydrogens is 352 g/mol. The molecule has 1 aliphatic rings. The maximum absolute atomic E-state index is 12.7. The van der Waals surface area contributed by atoms with E-state index in [1.807, 2.05) is 30.5 Å². The summed E-state index contributed by atoms with van der Waals surface area (Å²) in [5, 5.41) is 4.12. The predicted octanol–water partition coefficient (Wildman–Crippen LogP) is 2.01. The standard InChI is InChI=1S/C21H26N6O/c1-17-12-25(8-9-27(17)21(28)19-10-23-24(2)14-19)15-20-11-22-16-26(20)13-18-6-4-3-5-7-18/h3-7,10-11,14,16-17H,8-9,12-13,15H2,1-2H3/t17-/m0/s1. The molecule has 146 valence electrons. The van der Waals surface area contributed by atoms with Crippen LogP contribution < -0.4 is 0 Å². The number of carbonyl (C=O) groups is 1. The molecule has 0 aliphatic carbocycles. The van der Waals surface area contributed by atoms with Gasteiger partial charge in [0.1, 0.15) is 0 Å². The minimum Gasteiger partial charge on any atom is -0.333 e. The molecular formula is C21H26N6O. The van der Waals surface area contributed by atoms with Crippen LogP contribution in [0.25, 0.3) is 0 Å². The second-order valence-corrected chi connectivity index (χ2v) is 7.48. The fraction of sp³-hybridized carbons (Fsp3) is 0.381. The molecule has 0 radical (unpaired) electrons. The van der Waals surface area contributed by atoms with Gasteiger partial charge in [-0.3, -0.25) is 14.4 Å². The summed E-state index contributed by atoms with van der Waals surface area (Å²) in [6.45, 7) is 6.20. The summed E-state index contributed by atoms with van der Waals surface area (Å²) < 4.78 is 3.87. The average molecular weight is 378 g/mol. The highest BCUT2D eigenvalue weighted by Gasteiger charge is 2.29. The van der Waals surface area contributed by atoms with Gasteiger partial charge in [-0.15, -0.1) is 0 Å². The number of nitrogens with zero attached hydrogens (tertiary/aromatic N) is 6. The molecule has 3 aromatic rings. The Morgan fingerprint density at radius 3 is 2.68 bits per heavy atom. The number of amides is 1. The lowest BCUT2D eigenvalue weighted by Crippen LogP contribution is -2.53. The van der Waals surface area contributed by atoms with Crippen molar-refractivity contribution in [1.82, 2.24) is 29.1 Å². The molecule has 0 unspecified atom stereocenters. The average Bonchev–Trinajstić information content (AvgIpc) is 3.31. The third-order valence-corrected chi connectivity index (χ3v) is 5.30. The third-order valence-electron chi connectivity index (χ3n) is 5.30. The van der Waals surface area contributed by atoms with Crippen LogP contribution in [0.5, 0.6) is 0 Å². The van der Waals surface area contributed by atoms with Crippen LogP contribution in [-0.2, 0) is 20.1 Å². The smallest absolute Gasteiger partial charge is 0.257 e. The van der Waals surface area contributed by atoms with Gasteiger partial charge in [-0.05, 0) is 12.5 Å². The zero-order valence-electron chi connectivity index (χ0n) is 16.4. The van der Waals surface area contributed by atoms with E-state index in [-0.39, 0.29) is 11.9 Å². The van der Waals surface area contributed by atoms with Gasteiger partial charge in [0, 0.05) is 58.2 Å². The first kappa shape index (κ1) is 18.4. The number of hydrogen-bond acceptors (Lipinski definition) is 4. The van der Waals surface area contributed by atoms with E-state index in [0.29, 0.717) is 5.56 Å². The Hall–Kier alpha value is -2.93. The molecule has 1 amide bonds. The van der Waals surface area contributed by atoms with E-state index in [1.54, 1.807) is 17.1 Å². The molecule has 1 atom stereocenters. The van der Waals surface area contributed by atoms with Crippen LogP contribution in [0, 0.1) is 0 Å². The summed E-state index contributed by atoms with van der Waals surface area (Å²) in [7, 11) is 1.83. The lowest BCUT2D eigenvalue weighted by molar-refractivity contribution is 0.0471. The summed E-state index contributed by atoms with van der Waals surface area (Å²) in [4.78, 5) is 21.4. The fourth-order valence-electron chi connectivity index (χ4n) is 3.81. The van der Waals surface area contributed by atoms with Crippen LogP contribution in [0.2, 0.25) is 0 Å². The van der Waals surface area contributed by atoms with Crippen molar-refractivity contribution >= 4 is 5.91 Å². The van der Waals surface area contributed by atoms with Crippen LogP contribution in [-0.4, -0.2) is 60.7 Å². The van der Waals surface area contributed by atoms with Gasteiger partial charge in [0.25, 0.3) is 5.91 Å². The second kappa shape index (κ2) is 7.98. The molecule has 4 rings (SSSR count). The largest absolute Gasteiger partial charge is 0.333 e. The Kier molecular flexibility index (Phi) is 5.25. The van der Waals surface area contributed by atoms with Gasteiger partial charge < -0.3 is 9.47 Å². The number of carbonyl (C=O) groups excluding carboxylic acids is 1. The van der Waals surface area contributed by atoms with Crippen molar-refractivity contribution in [2.24, 2.45) is 7.05 Å². The number of piperazine rings is 1. The lowest BCUT2D eigenvalue weighted by atomic mass is 10.1. The van der Waals surface area contributed by atoms with Crippen molar-refractivity contribution in [2.45, 2.75) is 26.1 Å². The number of hydrogen-bond donors (Lipinski definition) is 0. The van der Waals surface area contributed by atoms with Crippen molar-refractivity contribution in [3.05, 3.63) is 72.1 Å². The van der Waals surface area contributed by atoms with E-state index in [4.69, 9.17) is 0 Å². The van der Waals surface area contributed by atoms with E-state index in [9.17, 15) is 4.79 Å². The molecule has 28 heavy (non-hydrogen) atoms. The van der Waals surface area contributed by atoms with E-state index in [1.165, 1.54) is 11.3 Å². The predicted molar refractivity (Wildman–Crippen MR) is 107 cm³/mol. The molecule has 1 fully saturated rings. The Bertz CT molecular complexity index is 931. The molecule has 1 aliphatic heterocycles. The van der Waals surface area contributed by atoms with Crippen LogP contribution in [0.15, 0.2) is 55.2 Å². The van der Waals surface area contributed by atoms with Gasteiger partial charge in [0.05, 0.1) is 23.8 Å². The van der Waals surface area contributed by atoms with Crippen LogP contribution >= 0.6 is 0 Å². The maximum atomic E-state index is 12.7. The Balaban J connectivity index is 1.38. The topological polar surface area (TPSA) is 59.2 Å². The molecule has 0 spiro atoms. The number of rotatable bonds is 5. The molecule has 1 saturated heterocycles. The third kappa shape index (κ3) is 3.99. The molecule has 0 N–H and O–H groups in total. The lowest BCUT2D eigenvalue weighted by Gasteiger charge is -2.39. The number of aryl methyl sites for hydroxylation is 1. The van der Waals surface area contributed by atoms with Gasteiger partial charge in [0.15, 0.2) is 0 Å². The molecule has 0 bridgehead atoms. The van der Waals surface area contributed by atoms with Crippen LogP contribution in [0.4, 0.5) is 0 Å². The van der Waals surface area contributed by atoms with Gasteiger partial charge >= 0.3 is 0 Å². The zero-order chi connectivity index (χ0) is 19.5. The van der Waals surface area contributed by atoms with Gasteiger partial charge in [-0.25, -0.2) is 4.98 Å². The first-order valence-electron chi connectivity index (χ1n) is 9.65. The molecule has 2 aromatic heterocycles. The number of aromatic nitrogens is 4. The fourth-order valence-corrected chi connectivity index (χ4v) is 3.81. The van der Waals surface area contributed by atoms with E-state index >= 15 is 0 Å².